The fourth-order valence-electron chi connectivity index (χ4n) is 3.46. The van der Waals surface area contributed by atoms with Crippen LogP contribution >= 0.6 is 11.3 Å². The number of hydrogen-bond donors (Lipinski definition) is 0. The Bertz CT molecular complexity index is 978. The lowest BCUT2D eigenvalue weighted by Gasteiger charge is -2.08. The predicted molar refractivity (Wildman–Crippen MR) is 91.7 cm³/mol. The van der Waals surface area contributed by atoms with Gasteiger partial charge in [-0.2, -0.15) is 0 Å². The van der Waals surface area contributed by atoms with Crippen molar-refractivity contribution < 1.29 is 0 Å². The topological polar surface area (TPSA) is 0 Å². The van der Waals surface area contributed by atoms with E-state index in [1.165, 1.54) is 43.5 Å². The molecular weight excluding hydrogens is 272 g/mol. The Labute approximate surface area is 127 Å². The van der Waals surface area contributed by atoms with Crippen molar-refractivity contribution in [3.63, 3.8) is 0 Å². The Morgan fingerprint density at radius 2 is 1.43 bits per heavy atom. The smallest absolute Gasteiger partial charge is 0.0349 e. The van der Waals surface area contributed by atoms with Crippen LogP contribution in [0.1, 0.15) is 0 Å². The summed E-state index contributed by atoms with van der Waals surface area (Å²) >= 11 is 1.81. The first-order chi connectivity index (χ1) is 10.4. The van der Waals surface area contributed by atoms with E-state index in [0.717, 1.165) is 0 Å². The van der Waals surface area contributed by atoms with E-state index in [0.29, 0.717) is 0 Å². The van der Waals surface area contributed by atoms with Crippen LogP contribution in [0, 0.1) is 0 Å². The maximum atomic E-state index is 2.27. The van der Waals surface area contributed by atoms with Gasteiger partial charge in [-0.3, -0.25) is 0 Å². The van der Waals surface area contributed by atoms with Gasteiger partial charge < -0.3 is 0 Å². The second-order valence-corrected chi connectivity index (χ2v) is 6.36. The fraction of sp³-hybridized carbons (Fsp3) is 0. The summed E-state index contributed by atoms with van der Waals surface area (Å²) in [5.74, 6) is 0. The van der Waals surface area contributed by atoms with Gasteiger partial charge in [0.15, 0.2) is 0 Å². The van der Waals surface area contributed by atoms with E-state index in [9.17, 15) is 0 Å². The minimum absolute atomic E-state index is 1.33. The third-order valence-corrected chi connectivity index (χ3v) is 5.22. The normalized spacial score (nSPS) is 11.8. The third kappa shape index (κ3) is 1.44. The molecule has 0 radical (unpaired) electrons. The molecule has 0 fully saturated rings. The lowest BCUT2D eigenvalue weighted by Crippen LogP contribution is -1.81. The van der Waals surface area contributed by atoms with Gasteiger partial charge in [0.25, 0.3) is 0 Å². The maximum Gasteiger partial charge on any atom is 0.0349 e. The van der Waals surface area contributed by atoms with Crippen LogP contribution in [0.25, 0.3) is 43.5 Å². The van der Waals surface area contributed by atoms with Gasteiger partial charge in [-0.1, -0.05) is 60.7 Å². The number of hydrogen-bond acceptors (Lipinski definition) is 1. The second kappa shape index (κ2) is 4.06. The van der Waals surface area contributed by atoms with E-state index in [2.05, 4.69) is 72.1 Å². The lowest BCUT2D eigenvalue weighted by atomic mass is 9.97. The molecule has 1 heteroatoms. The van der Waals surface area contributed by atoms with Crippen molar-refractivity contribution in [1.29, 1.82) is 0 Å². The molecule has 0 N–H and O–H groups in total. The van der Waals surface area contributed by atoms with Gasteiger partial charge in [0.1, 0.15) is 0 Å². The molecule has 0 amide bonds. The van der Waals surface area contributed by atoms with Gasteiger partial charge in [-0.05, 0) is 44.5 Å². The number of fused-ring (bicyclic) bond motifs is 3. The van der Waals surface area contributed by atoms with Crippen LogP contribution in [-0.4, -0.2) is 0 Å². The lowest BCUT2D eigenvalue weighted by molar-refractivity contribution is 1.69. The van der Waals surface area contributed by atoms with Crippen LogP contribution in [0.5, 0.6) is 0 Å². The number of rotatable bonds is 1. The molecule has 98 valence electrons. The first-order valence-electron chi connectivity index (χ1n) is 7.13. The quantitative estimate of drug-likeness (QED) is 0.343. The van der Waals surface area contributed by atoms with E-state index in [1.807, 2.05) is 11.3 Å². The summed E-state index contributed by atoms with van der Waals surface area (Å²) in [6.45, 7) is 0. The summed E-state index contributed by atoms with van der Waals surface area (Å²) in [7, 11) is 0. The summed E-state index contributed by atoms with van der Waals surface area (Å²) in [6.07, 6.45) is 0. The van der Waals surface area contributed by atoms with Crippen LogP contribution in [-0.2, 0) is 0 Å². The number of thiophene rings is 1. The molecule has 1 aliphatic rings. The second-order valence-electron chi connectivity index (χ2n) is 5.41. The van der Waals surface area contributed by atoms with Crippen molar-refractivity contribution in [1.82, 2.24) is 0 Å². The standard InChI is InChI=1S/C20H12S/c1-2-7-16-14(6-1)15-8-3-5-13-10-11-17(20(16)19(13)15)18-9-4-12-21-18/h1-12H. The zero-order valence-corrected chi connectivity index (χ0v) is 12.2. The van der Waals surface area contributed by atoms with Crippen molar-refractivity contribution >= 4 is 22.1 Å². The molecule has 0 aliphatic heterocycles. The maximum absolute atomic E-state index is 2.27. The molecule has 0 atom stereocenters. The minimum Gasteiger partial charge on any atom is -0.144 e. The van der Waals surface area contributed by atoms with Crippen LogP contribution in [0.3, 0.4) is 0 Å². The molecule has 1 aliphatic carbocycles. The monoisotopic (exact) mass is 284 g/mol. The van der Waals surface area contributed by atoms with Gasteiger partial charge in [0, 0.05) is 10.4 Å². The average molecular weight is 284 g/mol. The zero-order valence-electron chi connectivity index (χ0n) is 11.3. The highest BCUT2D eigenvalue weighted by atomic mass is 32.1. The van der Waals surface area contributed by atoms with Crippen molar-refractivity contribution in [3.8, 4) is 32.7 Å². The summed E-state index contributed by atoms with van der Waals surface area (Å²) < 4.78 is 0. The Kier molecular flexibility index (Phi) is 2.18. The first kappa shape index (κ1) is 11.3. The van der Waals surface area contributed by atoms with Crippen molar-refractivity contribution in [2.75, 3.05) is 0 Å². The number of benzene rings is 3. The average Bonchev–Trinajstić information content (AvgIpc) is 3.17. The Balaban J connectivity index is 2.01. The Morgan fingerprint density at radius 3 is 2.29 bits per heavy atom. The summed E-state index contributed by atoms with van der Waals surface area (Å²) in [6, 6.07) is 24.3. The summed E-state index contributed by atoms with van der Waals surface area (Å²) in [4.78, 5) is 1.35. The molecule has 21 heavy (non-hydrogen) atoms. The molecular formula is C20H12S. The molecule has 0 bridgehead atoms. The van der Waals surface area contributed by atoms with Gasteiger partial charge >= 0.3 is 0 Å². The van der Waals surface area contributed by atoms with E-state index in [-0.39, 0.29) is 0 Å². The van der Waals surface area contributed by atoms with E-state index < -0.39 is 0 Å². The fourth-order valence-corrected chi connectivity index (χ4v) is 4.21. The van der Waals surface area contributed by atoms with Crippen LogP contribution in [0.15, 0.2) is 72.1 Å². The zero-order chi connectivity index (χ0) is 13.8. The Morgan fingerprint density at radius 1 is 0.571 bits per heavy atom. The highest BCUT2D eigenvalue weighted by Crippen LogP contribution is 2.51. The van der Waals surface area contributed by atoms with E-state index >= 15 is 0 Å². The molecule has 1 heterocycles. The van der Waals surface area contributed by atoms with Gasteiger partial charge in [-0.25, -0.2) is 0 Å². The molecule has 4 aromatic rings. The molecule has 0 spiro atoms. The van der Waals surface area contributed by atoms with Crippen molar-refractivity contribution in [3.05, 3.63) is 72.1 Å². The summed E-state index contributed by atoms with van der Waals surface area (Å²) in [5, 5.41) is 4.89. The van der Waals surface area contributed by atoms with Gasteiger partial charge in [0.05, 0.1) is 0 Å². The molecule has 0 saturated carbocycles. The van der Waals surface area contributed by atoms with Gasteiger partial charge in [-0.15, -0.1) is 11.3 Å². The Hall–Kier alpha value is -2.38. The van der Waals surface area contributed by atoms with Gasteiger partial charge in [0.2, 0.25) is 0 Å². The molecule has 5 rings (SSSR count). The van der Waals surface area contributed by atoms with Crippen LogP contribution in [0.4, 0.5) is 0 Å². The van der Waals surface area contributed by atoms with Crippen LogP contribution < -0.4 is 0 Å². The van der Waals surface area contributed by atoms with Crippen molar-refractivity contribution in [2.24, 2.45) is 0 Å². The predicted octanol–water partition coefficient (Wildman–Crippen LogP) is 6.22. The highest BCUT2D eigenvalue weighted by molar-refractivity contribution is 7.13. The third-order valence-electron chi connectivity index (χ3n) is 4.32. The highest BCUT2D eigenvalue weighted by Gasteiger charge is 2.23. The first-order valence-corrected chi connectivity index (χ1v) is 8.01. The molecule has 0 saturated heterocycles. The summed E-state index contributed by atoms with van der Waals surface area (Å²) in [5.41, 5.74) is 6.86. The SMILES string of the molecule is c1csc(-c2ccc3cccc4c3c2-c2ccccc2-4)c1. The van der Waals surface area contributed by atoms with Crippen LogP contribution in [0.2, 0.25) is 0 Å². The molecule has 0 nitrogen and oxygen atoms in total. The van der Waals surface area contributed by atoms with E-state index in [4.69, 9.17) is 0 Å². The molecule has 3 aromatic carbocycles. The molecule has 0 unspecified atom stereocenters. The molecule has 1 aromatic heterocycles. The van der Waals surface area contributed by atoms with E-state index in [1.54, 1.807) is 0 Å². The van der Waals surface area contributed by atoms with Crippen molar-refractivity contribution in [2.45, 2.75) is 0 Å². The minimum atomic E-state index is 1.33. The largest absolute Gasteiger partial charge is 0.144 e.